The molecule has 0 N–H and O–H groups in total. The Labute approximate surface area is 130 Å². The van der Waals surface area contributed by atoms with Crippen LogP contribution >= 0.6 is 11.3 Å². The van der Waals surface area contributed by atoms with Crippen molar-refractivity contribution in [1.82, 2.24) is 10.1 Å². The van der Waals surface area contributed by atoms with Crippen LogP contribution in [-0.2, 0) is 6.61 Å². The molecule has 7 heteroatoms. The van der Waals surface area contributed by atoms with Gasteiger partial charge in [-0.15, -0.1) is 0 Å². The van der Waals surface area contributed by atoms with Crippen molar-refractivity contribution < 1.29 is 14.0 Å². The number of ether oxygens (including phenoxy) is 2. The van der Waals surface area contributed by atoms with Crippen LogP contribution in [0.3, 0.4) is 0 Å². The van der Waals surface area contributed by atoms with Crippen LogP contribution < -0.4 is 9.47 Å². The smallest absolute Gasteiger partial charge is 0.258 e. The molecule has 22 heavy (non-hydrogen) atoms. The van der Waals surface area contributed by atoms with Gasteiger partial charge in [-0.05, 0) is 23.6 Å². The van der Waals surface area contributed by atoms with Gasteiger partial charge in [-0.3, -0.25) is 0 Å². The van der Waals surface area contributed by atoms with Crippen molar-refractivity contribution in [3.05, 3.63) is 46.4 Å². The highest BCUT2D eigenvalue weighted by atomic mass is 32.1. The number of aromatic nitrogens is 2. The minimum absolute atomic E-state index is 0.149. The van der Waals surface area contributed by atoms with Gasteiger partial charge < -0.3 is 14.0 Å². The molecular formula is C15H11N3O3S. The number of nitrogens with zero attached hydrogens (tertiary/aromatic N) is 3. The lowest BCUT2D eigenvalue weighted by Gasteiger charge is -2.08. The first-order chi connectivity index (χ1) is 10.8. The normalized spacial score (nSPS) is 10.2. The second-order valence-electron chi connectivity index (χ2n) is 4.29. The lowest BCUT2D eigenvalue weighted by Crippen LogP contribution is -1.99. The third-order valence-electron chi connectivity index (χ3n) is 2.89. The van der Waals surface area contributed by atoms with Crippen LogP contribution in [0.15, 0.2) is 39.5 Å². The Morgan fingerprint density at radius 2 is 2.23 bits per heavy atom. The van der Waals surface area contributed by atoms with Crippen molar-refractivity contribution in [1.29, 1.82) is 5.26 Å². The standard InChI is InChI=1S/C15H11N3O3S/c1-19-13-6-10(7-16)2-3-12(13)20-8-14-17-15(21-18-14)11-4-5-22-9-11/h2-6,9H,8H2,1H3. The number of hydrogen-bond donors (Lipinski definition) is 0. The van der Waals surface area contributed by atoms with E-state index in [9.17, 15) is 0 Å². The first-order valence-corrected chi connectivity index (χ1v) is 7.30. The number of rotatable bonds is 5. The van der Waals surface area contributed by atoms with Crippen molar-refractivity contribution in [3.8, 4) is 29.0 Å². The highest BCUT2D eigenvalue weighted by Crippen LogP contribution is 2.28. The van der Waals surface area contributed by atoms with Crippen LogP contribution in [-0.4, -0.2) is 17.3 Å². The van der Waals surface area contributed by atoms with Gasteiger partial charge in [-0.1, -0.05) is 5.16 Å². The van der Waals surface area contributed by atoms with E-state index in [2.05, 4.69) is 10.1 Å². The molecule has 0 aliphatic heterocycles. The van der Waals surface area contributed by atoms with Gasteiger partial charge >= 0.3 is 0 Å². The molecule has 0 spiro atoms. The van der Waals surface area contributed by atoms with Gasteiger partial charge in [-0.2, -0.15) is 21.6 Å². The Kier molecular flexibility index (Phi) is 4.03. The lowest BCUT2D eigenvalue weighted by atomic mass is 10.2. The molecule has 110 valence electrons. The van der Waals surface area contributed by atoms with Crippen molar-refractivity contribution in [3.63, 3.8) is 0 Å². The zero-order chi connectivity index (χ0) is 15.4. The number of nitriles is 1. The monoisotopic (exact) mass is 313 g/mol. The number of methoxy groups -OCH3 is 1. The van der Waals surface area contributed by atoms with E-state index in [1.165, 1.54) is 7.11 Å². The fourth-order valence-corrected chi connectivity index (χ4v) is 2.44. The Morgan fingerprint density at radius 1 is 1.32 bits per heavy atom. The van der Waals surface area contributed by atoms with Crippen molar-refractivity contribution in [2.45, 2.75) is 6.61 Å². The number of benzene rings is 1. The average molecular weight is 313 g/mol. The Hall–Kier alpha value is -2.85. The Bertz CT molecular complexity index is 806. The summed E-state index contributed by atoms with van der Waals surface area (Å²) in [7, 11) is 1.52. The summed E-state index contributed by atoms with van der Waals surface area (Å²) in [6.07, 6.45) is 0. The van der Waals surface area contributed by atoms with Gasteiger partial charge in [0.2, 0.25) is 5.82 Å². The topological polar surface area (TPSA) is 81.2 Å². The maximum absolute atomic E-state index is 8.87. The summed E-state index contributed by atoms with van der Waals surface area (Å²) in [4.78, 5) is 4.27. The molecule has 1 aromatic carbocycles. The van der Waals surface area contributed by atoms with Crippen LogP contribution in [0.4, 0.5) is 0 Å². The van der Waals surface area contributed by atoms with Gasteiger partial charge in [0.25, 0.3) is 5.89 Å². The SMILES string of the molecule is COc1cc(C#N)ccc1OCc1noc(-c2ccsc2)n1. The van der Waals surface area contributed by atoms with Crippen LogP contribution in [0.1, 0.15) is 11.4 Å². The minimum atomic E-state index is 0.149. The first-order valence-electron chi connectivity index (χ1n) is 6.36. The Morgan fingerprint density at radius 3 is 2.95 bits per heavy atom. The Balaban J connectivity index is 1.72. The molecule has 0 fully saturated rings. The van der Waals surface area contributed by atoms with E-state index in [0.29, 0.717) is 28.8 Å². The van der Waals surface area contributed by atoms with Gasteiger partial charge in [0.15, 0.2) is 18.1 Å². The summed E-state index contributed by atoms with van der Waals surface area (Å²) in [5.74, 6) is 1.91. The van der Waals surface area contributed by atoms with E-state index in [1.54, 1.807) is 29.5 Å². The minimum Gasteiger partial charge on any atom is -0.493 e. The molecule has 0 saturated carbocycles. The molecule has 0 bridgehead atoms. The third kappa shape index (κ3) is 2.92. The van der Waals surface area contributed by atoms with Crippen LogP contribution in [0.2, 0.25) is 0 Å². The number of thiophene rings is 1. The van der Waals surface area contributed by atoms with Crippen LogP contribution in [0, 0.1) is 11.3 Å². The van der Waals surface area contributed by atoms with E-state index < -0.39 is 0 Å². The predicted molar refractivity (Wildman–Crippen MR) is 79.7 cm³/mol. The molecule has 0 aliphatic rings. The molecule has 0 amide bonds. The molecule has 6 nitrogen and oxygen atoms in total. The molecule has 3 rings (SSSR count). The van der Waals surface area contributed by atoms with Gasteiger partial charge in [-0.25, -0.2) is 0 Å². The second kappa shape index (κ2) is 6.28. The third-order valence-corrected chi connectivity index (χ3v) is 3.57. The fourth-order valence-electron chi connectivity index (χ4n) is 1.81. The van der Waals surface area contributed by atoms with Gasteiger partial charge in [0.1, 0.15) is 0 Å². The van der Waals surface area contributed by atoms with Crippen molar-refractivity contribution in [2.75, 3.05) is 7.11 Å². The molecule has 0 atom stereocenters. The summed E-state index contributed by atoms with van der Waals surface area (Å²) >= 11 is 1.56. The maximum atomic E-state index is 8.87. The van der Waals surface area contributed by atoms with E-state index in [4.69, 9.17) is 19.3 Å². The number of hydrogen-bond acceptors (Lipinski definition) is 7. The summed E-state index contributed by atoms with van der Waals surface area (Å²) < 4.78 is 16.0. The van der Waals surface area contributed by atoms with Gasteiger partial charge in [0, 0.05) is 11.4 Å². The van der Waals surface area contributed by atoms with E-state index >= 15 is 0 Å². The molecule has 0 unspecified atom stereocenters. The largest absolute Gasteiger partial charge is 0.493 e. The molecular weight excluding hydrogens is 302 g/mol. The van der Waals surface area contributed by atoms with Crippen molar-refractivity contribution in [2.24, 2.45) is 0 Å². The molecule has 0 aliphatic carbocycles. The van der Waals surface area contributed by atoms with E-state index in [-0.39, 0.29) is 6.61 Å². The average Bonchev–Trinajstić information content (AvgIpc) is 3.23. The van der Waals surface area contributed by atoms with Crippen molar-refractivity contribution >= 4 is 11.3 Å². The van der Waals surface area contributed by atoms with E-state index in [0.717, 1.165) is 5.56 Å². The van der Waals surface area contributed by atoms with E-state index in [1.807, 2.05) is 22.9 Å². The highest BCUT2D eigenvalue weighted by Gasteiger charge is 2.11. The fraction of sp³-hybridized carbons (Fsp3) is 0.133. The summed E-state index contributed by atoms with van der Waals surface area (Å²) in [6.45, 7) is 0.149. The van der Waals surface area contributed by atoms with Crippen LogP contribution in [0.25, 0.3) is 11.5 Å². The van der Waals surface area contributed by atoms with Crippen LogP contribution in [0.5, 0.6) is 11.5 Å². The molecule has 0 radical (unpaired) electrons. The zero-order valence-corrected chi connectivity index (χ0v) is 12.5. The quantitative estimate of drug-likeness (QED) is 0.719. The maximum Gasteiger partial charge on any atom is 0.258 e. The highest BCUT2D eigenvalue weighted by molar-refractivity contribution is 7.08. The summed E-state index contributed by atoms with van der Waals surface area (Å²) in [5.41, 5.74) is 1.39. The summed E-state index contributed by atoms with van der Waals surface area (Å²) in [5, 5.41) is 16.6. The molecule has 2 heterocycles. The van der Waals surface area contributed by atoms with Gasteiger partial charge in [0.05, 0.1) is 24.3 Å². The molecule has 2 aromatic heterocycles. The summed E-state index contributed by atoms with van der Waals surface area (Å²) in [6, 6.07) is 8.91. The second-order valence-corrected chi connectivity index (χ2v) is 5.07. The first kappa shape index (κ1) is 14.1. The lowest BCUT2D eigenvalue weighted by molar-refractivity contribution is 0.270. The predicted octanol–water partition coefficient (Wildman–Crippen LogP) is 3.26. The zero-order valence-electron chi connectivity index (χ0n) is 11.6. The molecule has 3 aromatic rings. The molecule has 0 saturated heterocycles.